The minimum absolute atomic E-state index is 0.186. The lowest BCUT2D eigenvalue weighted by atomic mass is 10.1. The van der Waals surface area contributed by atoms with Gasteiger partial charge in [0.15, 0.2) is 0 Å². The maximum atomic E-state index is 12.8. The van der Waals surface area contributed by atoms with E-state index in [1.54, 1.807) is 18.2 Å². The second-order valence-corrected chi connectivity index (χ2v) is 5.27. The van der Waals surface area contributed by atoms with E-state index >= 15 is 0 Å². The van der Waals surface area contributed by atoms with E-state index in [-0.39, 0.29) is 28.7 Å². The molecule has 0 fully saturated rings. The van der Waals surface area contributed by atoms with Gasteiger partial charge in [-0.2, -0.15) is 0 Å². The standard InChI is InChI=1S/C17H15ClFNO3/c1-23-17(22)14-10-13(7-8-15(14)18)20-16(21)9-4-11-2-5-12(19)6-3-11/h2-3,5-8,10H,4,9H2,1H3,(H,20,21). The molecule has 0 aliphatic rings. The van der Waals surface area contributed by atoms with Gasteiger partial charge >= 0.3 is 5.97 Å². The van der Waals surface area contributed by atoms with E-state index in [0.717, 1.165) is 5.56 Å². The normalized spacial score (nSPS) is 10.2. The van der Waals surface area contributed by atoms with Crippen molar-refractivity contribution in [2.45, 2.75) is 12.8 Å². The van der Waals surface area contributed by atoms with Crippen molar-refractivity contribution in [2.24, 2.45) is 0 Å². The molecule has 0 aromatic heterocycles. The van der Waals surface area contributed by atoms with Crippen LogP contribution in [0.3, 0.4) is 0 Å². The largest absolute Gasteiger partial charge is 0.465 e. The zero-order valence-electron chi connectivity index (χ0n) is 12.4. The first kappa shape index (κ1) is 17.0. The summed E-state index contributed by atoms with van der Waals surface area (Å²) in [4.78, 5) is 23.5. The monoisotopic (exact) mass is 335 g/mol. The van der Waals surface area contributed by atoms with Gasteiger partial charge in [-0.05, 0) is 42.3 Å². The summed E-state index contributed by atoms with van der Waals surface area (Å²) in [6, 6.07) is 10.6. The summed E-state index contributed by atoms with van der Waals surface area (Å²) < 4.78 is 17.4. The van der Waals surface area contributed by atoms with Gasteiger partial charge in [0.25, 0.3) is 0 Å². The summed E-state index contributed by atoms with van der Waals surface area (Å²) in [7, 11) is 1.26. The molecule has 0 bridgehead atoms. The van der Waals surface area contributed by atoms with Crippen molar-refractivity contribution in [3.8, 4) is 0 Å². The van der Waals surface area contributed by atoms with Gasteiger partial charge in [-0.3, -0.25) is 4.79 Å². The van der Waals surface area contributed by atoms with E-state index in [0.29, 0.717) is 12.1 Å². The van der Waals surface area contributed by atoms with E-state index in [1.807, 2.05) is 0 Å². The average molecular weight is 336 g/mol. The number of benzene rings is 2. The van der Waals surface area contributed by atoms with Crippen LogP contribution in [0.15, 0.2) is 42.5 Å². The van der Waals surface area contributed by atoms with Crippen LogP contribution in [0.4, 0.5) is 10.1 Å². The number of nitrogens with one attached hydrogen (secondary N) is 1. The molecule has 0 radical (unpaired) electrons. The highest BCUT2D eigenvalue weighted by atomic mass is 35.5. The number of carbonyl (C=O) groups excluding carboxylic acids is 2. The number of aryl methyl sites for hydroxylation is 1. The van der Waals surface area contributed by atoms with Gasteiger partial charge in [0.2, 0.25) is 5.91 Å². The fourth-order valence-corrected chi connectivity index (χ4v) is 2.20. The Hall–Kier alpha value is -2.40. The fraction of sp³-hybridized carbons (Fsp3) is 0.176. The molecule has 4 nitrogen and oxygen atoms in total. The number of amides is 1. The molecule has 2 rings (SSSR count). The average Bonchev–Trinajstić information content (AvgIpc) is 2.55. The van der Waals surface area contributed by atoms with E-state index in [2.05, 4.69) is 10.1 Å². The molecular weight excluding hydrogens is 321 g/mol. The Bertz CT molecular complexity index is 716. The van der Waals surface area contributed by atoms with Gasteiger partial charge in [-0.15, -0.1) is 0 Å². The first-order valence-electron chi connectivity index (χ1n) is 6.92. The molecule has 120 valence electrons. The number of hydrogen-bond acceptors (Lipinski definition) is 3. The first-order chi connectivity index (χ1) is 11.0. The third-order valence-electron chi connectivity index (χ3n) is 3.21. The van der Waals surface area contributed by atoms with Gasteiger partial charge in [0.1, 0.15) is 5.82 Å². The molecule has 0 aliphatic heterocycles. The Kier molecular flexibility index (Phi) is 5.71. The molecule has 0 spiro atoms. The summed E-state index contributed by atoms with van der Waals surface area (Å²) in [5.41, 5.74) is 1.51. The van der Waals surface area contributed by atoms with E-state index in [4.69, 9.17) is 11.6 Å². The Morgan fingerprint density at radius 2 is 1.87 bits per heavy atom. The van der Waals surface area contributed by atoms with Crippen LogP contribution in [0, 0.1) is 5.82 Å². The second-order valence-electron chi connectivity index (χ2n) is 4.86. The molecular formula is C17H15ClFNO3. The summed E-state index contributed by atoms with van der Waals surface area (Å²) in [6.45, 7) is 0. The number of ether oxygens (including phenoxy) is 1. The van der Waals surface area contributed by atoms with Crippen LogP contribution in [0.25, 0.3) is 0 Å². The lowest BCUT2D eigenvalue weighted by Gasteiger charge is -2.08. The predicted octanol–water partition coefficient (Wildman–Crippen LogP) is 3.84. The molecule has 0 saturated carbocycles. The van der Waals surface area contributed by atoms with Gasteiger partial charge in [-0.25, -0.2) is 9.18 Å². The molecule has 0 aliphatic carbocycles. The number of halogens is 2. The summed E-state index contributed by atoms with van der Waals surface area (Å²) in [5, 5.41) is 2.94. The third kappa shape index (κ3) is 4.79. The molecule has 2 aromatic rings. The van der Waals surface area contributed by atoms with Crippen LogP contribution in [0.1, 0.15) is 22.3 Å². The van der Waals surface area contributed by atoms with E-state index in [9.17, 15) is 14.0 Å². The van der Waals surface area contributed by atoms with Gasteiger partial charge in [-0.1, -0.05) is 23.7 Å². The van der Waals surface area contributed by atoms with Crippen molar-refractivity contribution >= 4 is 29.2 Å². The van der Waals surface area contributed by atoms with Crippen molar-refractivity contribution in [1.82, 2.24) is 0 Å². The maximum Gasteiger partial charge on any atom is 0.339 e. The zero-order chi connectivity index (χ0) is 16.8. The van der Waals surface area contributed by atoms with Crippen LogP contribution in [0.2, 0.25) is 5.02 Å². The molecule has 1 amide bonds. The number of methoxy groups -OCH3 is 1. The Labute approximate surface area is 138 Å². The predicted molar refractivity (Wildman–Crippen MR) is 86.1 cm³/mol. The van der Waals surface area contributed by atoms with Crippen LogP contribution < -0.4 is 5.32 Å². The van der Waals surface area contributed by atoms with E-state index in [1.165, 1.54) is 31.4 Å². The Morgan fingerprint density at radius 3 is 2.52 bits per heavy atom. The topological polar surface area (TPSA) is 55.4 Å². The highest BCUT2D eigenvalue weighted by Crippen LogP contribution is 2.21. The van der Waals surface area contributed by atoms with Crippen molar-refractivity contribution < 1.29 is 18.7 Å². The first-order valence-corrected chi connectivity index (χ1v) is 7.29. The van der Waals surface area contributed by atoms with Gasteiger partial charge in [0, 0.05) is 12.1 Å². The number of carbonyl (C=O) groups is 2. The molecule has 1 N–H and O–H groups in total. The highest BCUT2D eigenvalue weighted by molar-refractivity contribution is 6.33. The molecule has 2 aromatic carbocycles. The molecule has 23 heavy (non-hydrogen) atoms. The number of anilines is 1. The SMILES string of the molecule is COC(=O)c1cc(NC(=O)CCc2ccc(F)cc2)ccc1Cl. The van der Waals surface area contributed by atoms with E-state index < -0.39 is 5.97 Å². The van der Waals surface area contributed by atoms with Crippen LogP contribution in [0.5, 0.6) is 0 Å². The zero-order valence-corrected chi connectivity index (χ0v) is 13.2. The summed E-state index contributed by atoms with van der Waals surface area (Å²) >= 11 is 5.92. The number of esters is 1. The molecule has 6 heteroatoms. The van der Waals surface area contributed by atoms with Crippen molar-refractivity contribution in [3.05, 3.63) is 64.4 Å². The number of rotatable bonds is 5. The lowest BCUT2D eigenvalue weighted by Crippen LogP contribution is -2.13. The van der Waals surface area contributed by atoms with Crippen molar-refractivity contribution in [2.75, 3.05) is 12.4 Å². The molecule has 0 heterocycles. The minimum Gasteiger partial charge on any atom is -0.465 e. The fourth-order valence-electron chi connectivity index (χ4n) is 2.00. The highest BCUT2D eigenvalue weighted by Gasteiger charge is 2.12. The van der Waals surface area contributed by atoms with Gasteiger partial charge in [0.05, 0.1) is 17.7 Å². The molecule has 0 atom stereocenters. The number of hydrogen-bond donors (Lipinski definition) is 1. The quantitative estimate of drug-likeness (QED) is 0.845. The molecule has 0 saturated heterocycles. The van der Waals surface area contributed by atoms with Crippen LogP contribution >= 0.6 is 11.6 Å². The third-order valence-corrected chi connectivity index (χ3v) is 3.54. The second kappa shape index (κ2) is 7.74. The minimum atomic E-state index is -0.572. The van der Waals surface area contributed by atoms with Crippen molar-refractivity contribution in [3.63, 3.8) is 0 Å². The Balaban J connectivity index is 1.97. The maximum absolute atomic E-state index is 12.8. The lowest BCUT2D eigenvalue weighted by molar-refractivity contribution is -0.116. The Morgan fingerprint density at radius 1 is 1.17 bits per heavy atom. The van der Waals surface area contributed by atoms with Crippen LogP contribution in [-0.2, 0) is 16.0 Å². The van der Waals surface area contributed by atoms with Gasteiger partial charge < -0.3 is 10.1 Å². The van der Waals surface area contributed by atoms with Crippen molar-refractivity contribution in [1.29, 1.82) is 0 Å². The van der Waals surface area contributed by atoms with Crippen LogP contribution in [-0.4, -0.2) is 19.0 Å². The smallest absolute Gasteiger partial charge is 0.339 e. The summed E-state index contributed by atoms with van der Waals surface area (Å²) in [5.74, 6) is -1.10. The molecule has 0 unspecified atom stereocenters. The summed E-state index contributed by atoms with van der Waals surface area (Å²) in [6.07, 6.45) is 0.728.